The first kappa shape index (κ1) is 10.9. The molecule has 2 saturated heterocycles. The van der Waals surface area contributed by atoms with Gasteiger partial charge in [-0.15, -0.1) is 0 Å². The second kappa shape index (κ2) is 3.26. The molecule has 1 spiro atoms. The van der Waals surface area contributed by atoms with Crippen LogP contribution < -0.4 is 4.90 Å². The normalized spacial score (nSPS) is 40.0. The lowest BCUT2D eigenvalue weighted by Gasteiger charge is -2.44. The summed E-state index contributed by atoms with van der Waals surface area (Å²) in [7, 11) is 2.07. The quantitative estimate of drug-likeness (QED) is 0.670. The van der Waals surface area contributed by atoms with Crippen LogP contribution in [0.2, 0.25) is 0 Å². The molecule has 4 aliphatic rings. The van der Waals surface area contributed by atoms with E-state index in [1.807, 2.05) is 29.2 Å². The fourth-order valence-electron chi connectivity index (χ4n) is 4.53. The van der Waals surface area contributed by atoms with Gasteiger partial charge < -0.3 is 14.5 Å². The Kier molecular flexibility index (Phi) is 1.78. The smallest absolute Gasteiger partial charge is 0.257 e. The van der Waals surface area contributed by atoms with Crippen molar-refractivity contribution >= 4 is 11.6 Å². The van der Waals surface area contributed by atoms with Gasteiger partial charge in [-0.1, -0.05) is 18.2 Å². The van der Waals surface area contributed by atoms with Gasteiger partial charge in [0.05, 0.1) is 17.4 Å². The number of carbonyl (C=O) groups is 1. The minimum Gasteiger partial charge on any atom is -0.359 e. The molecule has 1 amide bonds. The first-order chi connectivity index (χ1) is 9.71. The maximum atomic E-state index is 12.8. The molecule has 4 nitrogen and oxygen atoms in total. The third-order valence-corrected chi connectivity index (χ3v) is 5.34. The molecule has 1 aromatic rings. The van der Waals surface area contributed by atoms with Gasteiger partial charge in [-0.3, -0.25) is 4.79 Å². The molecular weight excluding hydrogens is 252 g/mol. The zero-order valence-corrected chi connectivity index (χ0v) is 11.3. The summed E-state index contributed by atoms with van der Waals surface area (Å²) in [6.45, 7) is 0.809. The number of fused-ring (bicyclic) bond motifs is 3. The van der Waals surface area contributed by atoms with Crippen LogP contribution in [0.3, 0.4) is 0 Å². The van der Waals surface area contributed by atoms with Crippen LogP contribution in [0.4, 0.5) is 5.69 Å². The van der Waals surface area contributed by atoms with Gasteiger partial charge in [0, 0.05) is 19.5 Å². The van der Waals surface area contributed by atoms with E-state index in [9.17, 15) is 4.79 Å². The number of nitrogens with zero attached hydrogens (tertiary/aromatic N) is 2. The van der Waals surface area contributed by atoms with Gasteiger partial charge >= 0.3 is 0 Å². The minimum absolute atomic E-state index is 0.00125. The van der Waals surface area contributed by atoms with Crippen LogP contribution in [-0.4, -0.2) is 42.3 Å². The van der Waals surface area contributed by atoms with E-state index in [0.29, 0.717) is 5.92 Å². The topological polar surface area (TPSA) is 32.8 Å². The number of ether oxygens (including phenoxy) is 1. The van der Waals surface area contributed by atoms with Crippen molar-refractivity contribution in [3.05, 3.63) is 42.0 Å². The number of hydrogen-bond donors (Lipinski definition) is 0. The predicted octanol–water partition coefficient (Wildman–Crippen LogP) is 1.63. The van der Waals surface area contributed by atoms with Crippen LogP contribution in [0.5, 0.6) is 0 Å². The summed E-state index contributed by atoms with van der Waals surface area (Å²) in [4.78, 5) is 17.0. The highest BCUT2D eigenvalue weighted by Gasteiger charge is 2.64. The van der Waals surface area contributed by atoms with Gasteiger partial charge in [0.2, 0.25) is 0 Å². The Morgan fingerprint density at radius 1 is 1.35 bits per heavy atom. The Hall–Kier alpha value is -1.81. The lowest BCUT2D eigenvalue weighted by molar-refractivity contribution is -0.0102. The van der Waals surface area contributed by atoms with E-state index in [1.54, 1.807) is 0 Å². The van der Waals surface area contributed by atoms with Crippen molar-refractivity contribution in [3.8, 4) is 0 Å². The Morgan fingerprint density at radius 3 is 3.05 bits per heavy atom. The summed E-state index contributed by atoms with van der Waals surface area (Å²) in [5.41, 5.74) is 1.53. The van der Waals surface area contributed by atoms with Crippen molar-refractivity contribution in [1.29, 1.82) is 0 Å². The molecular formula is C16H16N2O2. The summed E-state index contributed by atoms with van der Waals surface area (Å²) in [6.07, 6.45) is 5.66. The van der Waals surface area contributed by atoms with E-state index in [0.717, 1.165) is 24.2 Å². The number of amides is 1. The molecule has 0 aliphatic carbocycles. The molecule has 102 valence electrons. The van der Waals surface area contributed by atoms with Crippen LogP contribution in [0.25, 0.3) is 0 Å². The van der Waals surface area contributed by atoms with Gasteiger partial charge in [0.25, 0.3) is 5.91 Å². The number of carbonyl (C=O) groups excluding carboxylic acids is 1. The van der Waals surface area contributed by atoms with Gasteiger partial charge in [-0.2, -0.15) is 0 Å². The van der Waals surface area contributed by atoms with Gasteiger partial charge in [-0.25, -0.2) is 0 Å². The zero-order valence-electron chi connectivity index (χ0n) is 11.3. The Morgan fingerprint density at radius 2 is 2.20 bits per heavy atom. The van der Waals surface area contributed by atoms with Crippen molar-refractivity contribution in [1.82, 2.24) is 4.90 Å². The van der Waals surface area contributed by atoms with Crippen molar-refractivity contribution in [2.24, 2.45) is 5.92 Å². The van der Waals surface area contributed by atoms with Crippen LogP contribution in [0.15, 0.2) is 36.4 Å². The number of rotatable bonds is 0. The van der Waals surface area contributed by atoms with E-state index in [4.69, 9.17) is 4.74 Å². The van der Waals surface area contributed by atoms with Crippen LogP contribution >= 0.6 is 0 Å². The van der Waals surface area contributed by atoms with Crippen molar-refractivity contribution in [2.45, 2.75) is 24.3 Å². The summed E-state index contributed by atoms with van der Waals surface area (Å²) in [5, 5.41) is 0. The average Bonchev–Trinajstić information content (AvgIpc) is 3.11. The Labute approximate surface area is 117 Å². The monoisotopic (exact) mass is 268 g/mol. The molecule has 4 heteroatoms. The molecule has 0 unspecified atom stereocenters. The van der Waals surface area contributed by atoms with E-state index < -0.39 is 0 Å². The van der Waals surface area contributed by atoms with Gasteiger partial charge in [0.1, 0.15) is 11.8 Å². The van der Waals surface area contributed by atoms with E-state index in [-0.39, 0.29) is 23.8 Å². The zero-order chi connectivity index (χ0) is 13.5. The standard InChI is InChI=1S/C16H16N2O2/c1-17-13-5-3-2-4-12(13)14(19)18-9-10-8-11-6-7-16(10,20-11)15(17)18/h2-7,10-11,15H,8-9H2,1H3/t10-,11+,15-,16-/m1/s1. The highest BCUT2D eigenvalue weighted by molar-refractivity contribution is 6.02. The summed E-state index contributed by atoms with van der Waals surface area (Å²) < 4.78 is 6.24. The molecule has 4 heterocycles. The lowest BCUT2D eigenvalue weighted by atomic mass is 9.83. The predicted molar refractivity (Wildman–Crippen MR) is 74.5 cm³/mol. The average molecular weight is 268 g/mol. The first-order valence-electron chi connectivity index (χ1n) is 7.21. The lowest BCUT2D eigenvalue weighted by Crippen LogP contribution is -2.59. The molecule has 2 bridgehead atoms. The third kappa shape index (κ3) is 1.03. The second-order valence-electron chi connectivity index (χ2n) is 6.26. The van der Waals surface area contributed by atoms with E-state index >= 15 is 0 Å². The molecule has 0 saturated carbocycles. The summed E-state index contributed by atoms with van der Waals surface area (Å²) in [5.74, 6) is 0.580. The first-order valence-corrected chi connectivity index (χ1v) is 7.21. The Balaban J connectivity index is 1.70. The van der Waals surface area contributed by atoms with Crippen LogP contribution in [-0.2, 0) is 4.74 Å². The molecule has 2 fully saturated rings. The van der Waals surface area contributed by atoms with Gasteiger partial charge in [0.15, 0.2) is 0 Å². The fourth-order valence-corrected chi connectivity index (χ4v) is 4.53. The molecule has 20 heavy (non-hydrogen) atoms. The molecule has 0 aromatic heterocycles. The molecule has 4 atom stereocenters. The summed E-state index contributed by atoms with van der Waals surface area (Å²) >= 11 is 0. The van der Waals surface area contributed by atoms with Crippen molar-refractivity contribution in [2.75, 3.05) is 18.5 Å². The van der Waals surface area contributed by atoms with Crippen molar-refractivity contribution in [3.63, 3.8) is 0 Å². The number of para-hydroxylation sites is 1. The third-order valence-electron chi connectivity index (χ3n) is 5.34. The van der Waals surface area contributed by atoms with E-state index in [1.165, 1.54) is 0 Å². The van der Waals surface area contributed by atoms with E-state index in [2.05, 4.69) is 24.1 Å². The fraction of sp³-hybridized carbons (Fsp3) is 0.438. The molecule has 0 N–H and O–H groups in total. The maximum absolute atomic E-state index is 12.8. The number of benzene rings is 1. The number of likely N-dealkylation sites (N-methyl/N-ethyl adjacent to an activating group) is 1. The molecule has 1 aromatic carbocycles. The Bertz CT molecular complexity index is 656. The highest BCUT2D eigenvalue weighted by atomic mass is 16.5. The van der Waals surface area contributed by atoms with Crippen molar-refractivity contribution < 1.29 is 9.53 Å². The van der Waals surface area contributed by atoms with Gasteiger partial charge in [-0.05, 0) is 24.6 Å². The number of anilines is 1. The van der Waals surface area contributed by atoms with Crippen LogP contribution in [0, 0.1) is 5.92 Å². The summed E-state index contributed by atoms with van der Waals surface area (Å²) in [6, 6.07) is 7.87. The maximum Gasteiger partial charge on any atom is 0.257 e. The molecule has 0 radical (unpaired) electrons. The minimum atomic E-state index is -0.289. The highest BCUT2D eigenvalue weighted by Crippen LogP contribution is 2.54. The molecule has 4 aliphatic heterocycles. The SMILES string of the molecule is CN1c2ccccc2C(=O)N2C[C@H]3C[C@@H]4C=C[C@]3(O4)[C@@H]21. The largest absolute Gasteiger partial charge is 0.359 e. The number of hydrogen-bond acceptors (Lipinski definition) is 3. The second-order valence-corrected chi connectivity index (χ2v) is 6.26. The van der Waals surface area contributed by atoms with Crippen LogP contribution in [0.1, 0.15) is 16.8 Å². The molecule has 5 rings (SSSR count).